The lowest BCUT2D eigenvalue weighted by Gasteiger charge is -2.30. The predicted molar refractivity (Wildman–Crippen MR) is 133 cm³/mol. The Morgan fingerprint density at radius 3 is 2.59 bits per heavy atom. The second-order valence-corrected chi connectivity index (χ2v) is 8.61. The van der Waals surface area contributed by atoms with Gasteiger partial charge in [0.1, 0.15) is 5.75 Å². The highest BCUT2D eigenvalue weighted by Gasteiger charge is 2.36. The zero-order valence-electron chi connectivity index (χ0n) is 19.0. The van der Waals surface area contributed by atoms with Gasteiger partial charge in [0.2, 0.25) is 0 Å². The molecule has 1 amide bonds. The van der Waals surface area contributed by atoms with E-state index in [1.54, 1.807) is 62.4 Å². The Hall–Kier alpha value is -3.41. The summed E-state index contributed by atoms with van der Waals surface area (Å²) in [6, 6.07) is 16.4. The van der Waals surface area contributed by atoms with Crippen LogP contribution in [0.15, 0.2) is 70.4 Å². The first-order chi connectivity index (χ1) is 16.4. The number of thioether (sulfide) groups is 1. The fourth-order valence-corrected chi connectivity index (χ4v) is 4.75. The van der Waals surface area contributed by atoms with Gasteiger partial charge in [0, 0.05) is 16.3 Å². The maximum absolute atomic E-state index is 13.5. The quantitative estimate of drug-likeness (QED) is 0.496. The van der Waals surface area contributed by atoms with E-state index >= 15 is 0 Å². The number of hydrogen-bond acceptors (Lipinski definition) is 7. The minimum absolute atomic E-state index is 0.0205. The Labute approximate surface area is 207 Å². The number of para-hydroxylation sites is 2. The molecule has 0 aliphatic carbocycles. The minimum atomic E-state index is -0.737. The van der Waals surface area contributed by atoms with Crippen LogP contribution in [0.1, 0.15) is 25.3 Å². The summed E-state index contributed by atoms with van der Waals surface area (Å²) in [7, 11) is 1.52. The molecule has 7 nitrogen and oxygen atoms in total. The number of esters is 1. The SMILES string of the molecule is CCOC(=O)CSC1=C(C#N)[C@H](c2ccccc2Cl)C(C(=O)Nc2ccccc2OC)=C(C)N1. The fourth-order valence-electron chi connectivity index (χ4n) is 3.62. The highest BCUT2D eigenvalue weighted by atomic mass is 35.5. The number of nitrogens with one attached hydrogen (secondary N) is 2. The predicted octanol–water partition coefficient (Wildman–Crippen LogP) is 4.98. The van der Waals surface area contributed by atoms with Crippen molar-refractivity contribution in [3.63, 3.8) is 0 Å². The minimum Gasteiger partial charge on any atom is -0.495 e. The first-order valence-electron chi connectivity index (χ1n) is 10.5. The first-order valence-corrected chi connectivity index (χ1v) is 11.9. The number of halogens is 1. The summed E-state index contributed by atoms with van der Waals surface area (Å²) >= 11 is 7.67. The van der Waals surface area contributed by atoms with E-state index in [0.29, 0.717) is 38.3 Å². The molecule has 1 atom stereocenters. The lowest BCUT2D eigenvalue weighted by Crippen LogP contribution is -2.31. The second kappa shape index (κ2) is 11.6. The van der Waals surface area contributed by atoms with Gasteiger partial charge in [-0.1, -0.05) is 53.7 Å². The summed E-state index contributed by atoms with van der Waals surface area (Å²) < 4.78 is 10.4. The Kier molecular flexibility index (Phi) is 8.63. The molecule has 9 heteroatoms. The van der Waals surface area contributed by atoms with E-state index in [1.807, 2.05) is 0 Å². The number of methoxy groups -OCH3 is 1. The van der Waals surface area contributed by atoms with Gasteiger partial charge in [0.15, 0.2) is 0 Å². The number of benzene rings is 2. The van der Waals surface area contributed by atoms with Crippen molar-refractivity contribution in [3.05, 3.63) is 81.0 Å². The number of carbonyl (C=O) groups is 2. The molecule has 2 aromatic carbocycles. The number of nitriles is 1. The van der Waals surface area contributed by atoms with Crippen molar-refractivity contribution in [2.75, 3.05) is 24.8 Å². The number of carbonyl (C=O) groups excluding carboxylic acids is 2. The van der Waals surface area contributed by atoms with Crippen molar-refractivity contribution in [1.82, 2.24) is 5.32 Å². The molecule has 0 radical (unpaired) electrons. The van der Waals surface area contributed by atoms with Gasteiger partial charge >= 0.3 is 5.97 Å². The van der Waals surface area contributed by atoms with E-state index in [-0.39, 0.29) is 17.9 Å². The molecule has 1 heterocycles. The van der Waals surface area contributed by atoms with E-state index in [1.165, 1.54) is 7.11 Å². The van der Waals surface area contributed by atoms with Gasteiger partial charge in [0.05, 0.1) is 47.7 Å². The van der Waals surface area contributed by atoms with Crippen molar-refractivity contribution in [2.24, 2.45) is 0 Å². The number of anilines is 1. The average molecular weight is 498 g/mol. The number of ether oxygens (including phenoxy) is 2. The smallest absolute Gasteiger partial charge is 0.316 e. The summed E-state index contributed by atoms with van der Waals surface area (Å²) in [5.41, 5.74) is 2.29. The van der Waals surface area contributed by atoms with E-state index < -0.39 is 17.8 Å². The van der Waals surface area contributed by atoms with Crippen molar-refractivity contribution in [1.29, 1.82) is 5.26 Å². The highest BCUT2D eigenvalue weighted by Crippen LogP contribution is 2.43. The van der Waals surface area contributed by atoms with Crippen molar-refractivity contribution in [2.45, 2.75) is 19.8 Å². The average Bonchev–Trinajstić information content (AvgIpc) is 2.83. The maximum Gasteiger partial charge on any atom is 0.316 e. The molecular formula is C25H24ClN3O4S. The Balaban J connectivity index is 2.05. The van der Waals surface area contributed by atoms with Crippen molar-refractivity contribution in [3.8, 4) is 11.8 Å². The molecule has 0 unspecified atom stereocenters. The largest absolute Gasteiger partial charge is 0.495 e. The zero-order chi connectivity index (χ0) is 24.7. The number of allylic oxidation sites excluding steroid dienone is 2. The number of nitrogens with zero attached hydrogens (tertiary/aromatic N) is 1. The molecule has 1 aliphatic rings. The van der Waals surface area contributed by atoms with Crippen LogP contribution in [-0.2, 0) is 14.3 Å². The van der Waals surface area contributed by atoms with Gasteiger partial charge in [-0.25, -0.2) is 0 Å². The number of hydrogen-bond donors (Lipinski definition) is 2. The molecule has 0 spiro atoms. The molecule has 1 aliphatic heterocycles. The molecule has 34 heavy (non-hydrogen) atoms. The van der Waals surface area contributed by atoms with E-state index in [0.717, 1.165) is 11.8 Å². The van der Waals surface area contributed by atoms with Crippen LogP contribution in [-0.4, -0.2) is 31.3 Å². The van der Waals surface area contributed by atoms with Gasteiger partial charge in [0.25, 0.3) is 5.91 Å². The molecule has 2 aromatic rings. The van der Waals surface area contributed by atoms with Crippen molar-refractivity contribution >= 4 is 40.9 Å². The van der Waals surface area contributed by atoms with E-state index in [9.17, 15) is 14.9 Å². The summed E-state index contributed by atoms with van der Waals surface area (Å²) in [6.07, 6.45) is 0. The molecule has 0 saturated heterocycles. The van der Waals surface area contributed by atoms with Gasteiger partial charge < -0.3 is 20.1 Å². The number of amides is 1. The van der Waals surface area contributed by atoms with E-state index in [2.05, 4.69) is 16.7 Å². The number of dihydropyridines is 1. The monoisotopic (exact) mass is 497 g/mol. The van der Waals surface area contributed by atoms with Crippen LogP contribution < -0.4 is 15.4 Å². The summed E-state index contributed by atoms with van der Waals surface area (Å²) in [4.78, 5) is 25.5. The summed E-state index contributed by atoms with van der Waals surface area (Å²) in [6.45, 7) is 3.75. The molecule has 2 N–H and O–H groups in total. The third-order valence-corrected chi connectivity index (χ3v) is 6.44. The maximum atomic E-state index is 13.5. The van der Waals surface area contributed by atoms with Crippen LogP contribution in [0.5, 0.6) is 5.75 Å². The molecule has 0 bridgehead atoms. The molecule has 176 valence electrons. The van der Waals surface area contributed by atoms with Gasteiger partial charge in [-0.05, 0) is 37.6 Å². The zero-order valence-corrected chi connectivity index (χ0v) is 20.5. The Morgan fingerprint density at radius 2 is 1.91 bits per heavy atom. The second-order valence-electron chi connectivity index (χ2n) is 7.22. The molecule has 0 aromatic heterocycles. The lowest BCUT2D eigenvalue weighted by molar-refractivity contribution is -0.139. The third kappa shape index (κ3) is 5.56. The van der Waals surface area contributed by atoms with Crippen LogP contribution >= 0.6 is 23.4 Å². The van der Waals surface area contributed by atoms with Crippen LogP contribution in [0.3, 0.4) is 0 Å². The first kappa shape index (κ1) is 25.2. The lowest BCUT2D eigenvalue weighted by atomic mass is 9.82. The fraction of sp³-hybridized carbons (Fsp3) is 0.240. The molecule has 3 rings (SSSR count). The summed E-state index contributed by atoms with van der Waals surface area (Å²) in [5, 5.41) is 17.0. The van der Waals surface area contributed by atoms with Crippen LogP contribution in [0, 0.1) is 11.3 Å². The third-order valence-electron chi connectivity index (χ3n) is 5.10. The molecule has 0 saturated carbocycles. The standard InChI is InChI=1S/C25H24ClN3O4S/c1-4-33-21(30)14-34-25-17(13-27)23(16-9-5-6-10-18(16)26)22(15(2)28-25)24(31)29-19-11-7-8-12-20(19)32-3/h5-12,23,28H,4,14H2,1-3H3,(H,29,31)/t23-/m0/s1. The van der Waals surface area contributed by atoms with Gasteiger partial charge in [-0.15, -0.1) is 0 Å². The van der Waals surface area contributed by atoms with Crippen molar-refractivity contribution < 1.29 is 19.1 Å². The van der Waals surface area contributed by atoms with Crippen LogP contribution in [0.4, 0.5) is 5.69 Å². The van der Waals surface area contributed by atoms with Crippen LogP contribution in [0.25, 0.3) is 0 Å². The number of rotatable bonds is 8. The van der Waals surface area contributed by atoms with Crippen LogP contribution in [0.2, 0.25) is 5.02 Å². The topological polar surface area (TPSA) is 100 Å². The Bertz CT molecular complexity index is 1200. The Morgan fingerprint density at radius 1 is 1.21 bits per heavy atom. The normalized spacial score (nSPS) is 15.3. The van der Waals surface area contributed by atoms with Gasteiger partial charge in [-0.2, -0.15) is 5.26 Å². The molecular weight excluding hydrogens is 474 g/mol. The summed E-state index contributed by atoms with van der Waals surface area (Å²) in [5.74, 6) is -1.00. The van der Waals surface area contributed by atoms with Gasteiger partial charge in [-0.3, -0.25) is 9.59 Å². The highest BCUT2D eigenvalue weighted by molar-refractivity contribution is 8.03. The van der Waals surface area contributed by atoms with E-state index in [4.69, 9.17) is 21.1 Å². The molecule has 0 fully saturated rings.